The Labute approximate surface area is 206 Å². The lowest BCUT2D eigenvalue weighted by molar-refractivity contribution is 0.0744. The molecule has 35 heavy (non-hydrogen) atoms. The van der Waals surface area contributed by atoms with E-state index in [4.69, 9.17) is 0 Å². The van der Waals surface area contributed by atoms with E-state index in [0.717, 1.165) is 11.3 Å². The standard InChI is InChI=1S/C28H32N4O3/c1-20(2)32-18-24(27(34)29-17-22-7-5-4-6-8-22)26(33)25(19-32)28(35)31-15-13-30(14-16-31)23-11-9-21(3)10-12-23/h4-12,18-20H,13-17H2,1-3H3,(H,29,34). The van der Waals surface area contributed by atoms with Crippen LogP contribution in [0.1, 0.15) is 51.7 Å². The Kier molecular flexibility index (Phi) is 7.34. The van der Waals surface area contributed by atoms with Gasteiger partial charge in [-0.25, -0.2) is 0 Å². The van der Waals surface area contributed by atoms with Crippen LogP contribution in [0.4, 0.5) is 5.69 Å². The molecule has 0 bridgehead atoms. The monoisotopic (exact) mass is 472 g/mol. The van der Waals surface area contributed by atoms with Gasteiger partial charge >= 0.3 is 0 Å². The molecule has 1 aliphatic heterocycles. The number of carbonyl (C=O) groups is 2. The van der Waals surface area contributed by atoms with Crippen LogP contribution in [-0.2, 0) is 6.54 Å². The second-order valence-corrected chi connectivity index (χ2v) is 9.24. The minimum atomic E-state index is -0.529. The van der Waals surface area contributed by atoms with Gasteiger partial charge in [-0.1, -0.05) is 48.0 Å². The Morgan fingerprint density at radius 1 is 0.886 bits per heavy atom. The number of nitrogens with one attached hydrogen (secondary N) is 1. The fourth-order valence-corrected chi connectivity index (χ4v) is 4.18. The predicted octanol–water partition coefficient (Wildman–Crippen LogP) is 3.63. The highest BCUT2D eigenvalue weighted by Gasteiger charge is 2.27. The van der Waals surface area contributed by atoms with Crippen LogP contribution in [0, 0.1) is 6.92 Å². The zero-order valence-corrected chi connectivity index (χ0v) is 20.5. The number of hydrogen-bond donors (Lipinski definition) is 1. The molecule has 0 atom stereocenters. The van der Waals surface area contributed by atoms with Crippen LogP contribution in [0.5, 0.6) is 0 Å². The summed E-state index contributed by atoms with van der Waals surface area (Å²) in [5.41, 5.74) is 2.76. The molecule has 3 aromatic rings. The van der Waals surface area contributed by atoms with Crippen molar-refractivity contribution >= 4 is 17.5 Å². The van der Waals surface area contributed by atoms with Crippen LogP contribution in [0.3, 0.4) is 0 Å². The molecule has 2 aromatic carbocycles. The summed E-state index contributed by atoms with van der Waals surface area (Å²) in [6, 6.07) is 17.8. The van der Waals surface area contributed by atoms with Gasteiger partial charge in [0.15, 0.2) is 0 Å². The number of aromatic nitrogens is 1. The van der Waals surface area contributed by atoms with E-state index in [9.17, 15) is 14.4 Å². The minimum Gasteiger partial charge on any atom is -0.368 e. The van der Waals surface area contributed by atoms with E-state index in [1.54, 1.807) is 21.9 Å². The third-order valence-corrected chi connectivity index (χ3v) is 6.38. The molecule has 0 unspecified atom stereocenters. The highest BCUT2D eigenvalue weighted by atomic mass is 16.2. The first-order valence-corrected chi connectivity index (χ1v) is 12.0. The number of benzene rings is 2. The number of nitrogens with zero attached hydrogens (tertiary/aromatic N) is 3. The molecule has 2 heterocycles. The lowest BCUT2D eigenvalue weighted by Gasteiger charge is -2.36. The van der Waals surface area contributed by atoms with E-state index in [-0.39, 0.29) is 23.1 Å². The maximum Gasteiger partial charge on any atom is 0.259 e. The van der Waals surface area contributed by atoms with Crippen LogP contribution in [-0.4, -0.2) is 47.5 Å². The molecule has 1 aliphatic rings. The Morgan fingerprint density at radius 3 is 2.14 bits per heavy atom. The van der Waals surface area contributed by atoms with Gasteiger partial charge in [0.25, 0.3) is 11.8 Å². The summed E-state index contributed by atoms with van der Waals surface area (Å²) in [6.07, 6.45) is 3.12. The van der Waals surface area contributed by atoms with Crippen molar-refractivity contribution in [2.75, 3.05) is 31.1 Å². The van der Waals surface area contributed by atoms with E-state index in [1.165, 1.54) is 5.56 Å². The van der Waals surface area contributed by atoms with Gasteiger partial charge in [-0.3, -0.25) is 14.4 Å². The second kappa shape index (κ2) is 10.6. The number of pyridine rings is 1. The molecule has 0 radical (unpaired) electrons. The van der Waals surface area contributed by atoms with E-state index in [1.807, 2.05) is 44.2 Å². The first kappa shape index (κ1) is 24.3. The maximum absolute atomic E-state index is 13.4. The Morgan fingerprint density at radius 2 is 1.51 bits per heavy atom. The first-order valence-electron chi connectivity index (χ1n) is 12.0. The first-order chi connectivity index (χ1) is 16.8. The number of aryl methyl sites for hydroxylation is 1. The maximum atomic E-state index is 13.4. The average Bonchev–Trinajstić information content (AvgIpc) is 2.88. The van der Waals surface area contributed by atoms with Gasteiger partial charge in [0, 0.05) is 56.8 Å². The van der Waals surface area contributed by atoms with Crippen molar-refractivity contribution in [2.45, 2.75) is 33.4 Å². The van der Waals surface area contributed by atoms with Crippen molar-refractivity contribution < 1.29 is 9.59 Å². The van der Waals surface area contributed by atoms with Crippen molar-refractivity contribution in [1.82, 2.24) is 14.8 Å². The van der Waals surface area contributed by atoms with Crippen molar-refractivity contribution in [3.05, 3.63) is 99.5 Å². The highest BCUT2D eigenvalue weighted by molar-refractivity contribution is 5.99. The number of anilines is 1. The number of piperazine rings is 1. The van der Waals surface area contributed by atoms with Gasteiger partial charge in [0.1, 0.15) is 11.1 Å². The Balaban J connectivity index is 1.52. The smallest absolute Gasteiger partial charge is 0.259 e. The summed E-state index contributed by atoms with van der Waals surface area (Å²) < 4.78 is 1.76. The van der Waals surface area contributed by atoms with E-state index < -0.39 is 11.3 Å². The Bertz CT molecular complexity index is 1240. The van der Waals surface area contributed by atoms with Crippen molar-refractivity contribution in [3.63, 3.8) is 0 Å². The molecule has 1 saturated heterocycles. The molecule has 2 amide bonds. The third kappa shape index (κ3) is 5.62. The predicted molar refractivity (Wildman–Crippen MR) is 138 cm³/mol. The molecule has 7 nitrogen and oxygen atoms in total. The number of hydrogen-bond acceptors (Lipinski definition) is 4. The van der Waals surface area contributed by atoms with Gasteiger partial charge < -0.3 is 19.7 Å². The molecular formula is C28H32N4O3. The van der Waals surface area contributed by atoms with Gasteiger partial charge in [-0.15, -0.1) is 0 Å². The second-order valence-electron chi connectivity index (χ2n) is 9.24. The molecule has 4 rings (SSSR count). The van der Waals surface area contributed by atoms with Gasteiger partial charge in [-0.2, -0.15) is 0 Å². The zero-order chi connectivity index (χ0) is 24.9. The fraction of sp³-hybridized carbons (Fsp3) is 0.321. The summed E-state index contributed by atoms with van der Waals surface area (Å²) in [6.45, 7) is 8.65. The number of rotatable bonds is 6. The molecular weight excluding hydrogens is 440 g/mol. The van der Waals surface area contributed by atoms with E-state index >= 15 is 0 Å². The molecule has 1 fully saturated rings. The lowest BCUT2D eigenvalue weighted by Crippen LogP contribution is -2.50. The van der Waals surface area contributed by atoms with Gasteiger partial charge in [0.2, 0.25) is 5.43 Å². The molecule has 7 heteroatoms. The summed E-state index contributed by atoms with van der Waals surface area (Å²) in [5.74, 6) is -0.808. The van der Waals surface area contributed by atoms with Crippen molar-refractivity contribution in [3.8, 4) is 0 Å². The molecule has 1 aromatic heterocycles. The normalized spacial score (nSPS) is 13.7. The van der Waals surface area contributed by atoms with E-state index in [2.05, 4.69) is 41.4 Å². The van der Waals surface area contributed by atoms with Gasteiger partial charge in [-0.05, 0) is 38.5 Å². The minimum absolute atomic E-state index is 0.0128. The highest BCUT2D eigenvalue weighted by Crippen LogP contribution is 2.18. The van der Waals surface area contributed by atoms with Crippen LogP contribution < -0.4 is 15.6 Å². The SMILES string of the molecule is Cc1ccc(N2CCN(C(=O)c3cn(C(C)C)cc(C(=O)NCc4ccccc4)c3=O)CC2)cc1. The van der Waals surface area contributed by atoms with Crippen molar-refractivity contribution in [2.24, 2.45) is 0 Å². The van der Waals surface area contributed by atoms with Crippen molar-refractivity contribution in [1.29, 1.82) is 0 Å². The molecule has 182 valence electrons. The zero-order valence-electron chi connectivity index (χ0n) is 20.5. The third-order valence-electron chi connectivity index (χ3n) is 6.38. The molecule has 0 spiro atoms. The summed E-state index contributed by atoms with van der Waals surface area (Å²) in [5, 5.41) is 2.81. The molecule has 1 N–H and O–H groups in total. The summed E-state index contributed by atoms with van der Waals surface area (Å²) in [4.78, 5) is 43.5. The quantitative estimate of drug-likeness (QED) is 0.595. The number of carbonyl (C=O) groups excluding carboxylic acids is 2. The topological polar surface area (TPSA) is 74.7 Å². The van der Waals surface area contributed by atoms with Crippen LogP contribution in [0.25, 0.3) is 0 Å². The van der Waals surface area contributed by atoms with Gasteiger partial charge in [0.05, 0.1) is 0 Å². The van der Waals surface area contributed by atoms with Crippen LogP contribution >= 0.6 is 0 Å². The number of amides is 2. The average molecular weight is 473 g/mol. The van der Waals surface area contributed by atoms with E-state index in [0.29, 0.717) is 32.7 Å². The molecule has 0 saturated carbocycles. The Hall–Kier alpha value is -3.87. The lowest BCUT2D eigenvalue weighted by atomic mass is 10.1. The largest absolute Gasteiger partial charge is 0.368 e. The summed E-state index contributed by atoms with van der Waals surface area (Å²) in [7, 11) is 0. The van der Waals surface area contributed by atoms with Crippen LogP contribution in [0.2, 0.25) is 0 Å². The van der Waals surface area contributed by atoms with Crippen LogP contribution in [0.15, 0.2) is 71.8 Å². The summed E-state index contributed by atoms with van der Waals surface area (Å²) >= 11 is 0. The molecule has 0 aliphatic carbocycles. The fourth-order valence-electron chi connectivity index (χ4n) is 4.18.